The molecular weight excluding hydrogens is 589 g/mol. The number of likely N-dealkylation sites (tertiary alicyclic amines) is 1. The lowest BCUT2D eigenvalue weighted by molar-refractivity contribution is 0.204. The van der Waals surface area contributed by atoms with Crippen molar-refractivity contribution < 1.29 is 21.9 Å². The summed E-state index contributed by atoms with van der Waals surface area (Å²) >= 11 is 5.99. The van der Waals surface area contributed by atoms with E-state index in [4.69, 9.17) is 16.3 Å². The molecule has 0 N–H and O–H groups in total. The van der Waals surface area contributed by atoms with E-state index in [0.29, 0.717) is 22.9 Å². The molecule has 4 aromatic carbocycles. The molecule has 0 radical (unpaired) electrons. The summed E-state index contributed by atoms with van der Waals surface area (Å²) < 4.78 is 64.5. The van der Waals surface area contributed by atoms with Crippen LogP contribution in [0.4, 0.5) is 14.5 Å². The number of hydrogen-bond acceptors (Lipinski definition) is 4. The van der Waals surface area contributed by atoms with Crippen molar-refractivity contribution in [2.45, 2.75) is 37.1 Å². The van der Waals surface area contributed by atoms with Crippen LogP contribution in [-0.2, 0) is 16.6 Å². The van der Waals surface area contributed by atoms with E-state index in [-0.39, 0.29) is 29.5 Å². The number of rotatable bonds is 10. The van der Waals surface area contributed by atoms with Gasteiger partial charge in [-0.3, -0.25) is 4.31 Å². The Balaban J connectivity index is 0.00000387. The van der Waals surface area contributed by atoms with Crippen molar-refractivity contribution >= 4 is 50.5 Å². The highest BCUT2D eigenvalue weighted by molar-refractivity contribution is 7.92. The van der Waals surface area contributed by atoms with Crippen molar-refractivity contribution in [2.24, 2.45) is 0 Å². The van der Waals surface area contributed by atoms with Crippen molar-refractivity contribution in [3.05, 3.63) is 101 Å². The molecule has 0 aliphatic carbocycles. The van der Waals surface area contributed by atoms with Crippen LogP contribution in [0.2, 0.25) is 5.02 Å². The van der Waals surface area contributed by atoms with E-state index in [9.17, 15) is 12.8 Å². The molecule has 0 spiro atoms. The summed E-state index contributed by atoms with van der Waals surface area (Å²) in [6.07, 6.45) is 4.51. The van der Waals surface area contributed by atoms with Gasteiger partial charge >= 0.3 is 0 Å². The molecule has 1 aliphatic heterocycles. The Labute approximate surface area is 251 Å². The largest absolute Gasteiger partial charge is 0.493 e. The monoisotopic (exact) mass is 620 g/mol. The van der Waals surface area contributed by atoms with E-state index < -0.39 is 21.7 Å². The number of fused-ring (bicyclic) bond motifs is 1. The second kappa shape index (κ2) is 13.8. The smallest absolute Gasteiger partial charge is 0.264 e. The minimum Gasteiger partial charge on any atom is -0.493 e. The van der Waals surface area contributed by atoms with Gasteiger partial charge in [0.05, 0.1) is 23.7 Å². The quantitative estimate of drug-likeness (QED) is 0.169. The molecular formula is C31H32Cl2F2N2O3S. The Kier molecular flexibility index (Phi) is 10.5. The Bertz CT molecular complexity index is 1580. The number of hydrogen-bond donors (Lipinski definition) is 0. The highest BCUT2D eigenvalue weighted by Gasteiger charge is 2.29. The van der Waals surface area contributed by atoms with Crippen molar-refractivity contribution in [3.63, 3.8) is 0 Å². The summed E-state index contributed by atoms with van der Waals surface area (Å²) in [6.45, 7) is 3.29. The number of sulfonamides is 1. The standard InChI is InChI=1S/C31H31ClF2N2O3S.ClH/c32-24-10-13-26(14-11-24)40(37,38)36(30-21-25(33)12-15-29(30)34)22-28-27-8-3-2-7-23(27)9-16-31(28)39-20-6-19-35-17-4-1-5-18-35;/h2-3,7-16,21H,1,4-6,17-20,22H2;1H. The Morgan fingerprint density at radius 2 is 1.63 bits per heavy atom. The molecule has 10 heteroatoms. The van der Waals surface area contributed by atoms with Gasteiger partial charge < -0.3 is 9.64 Å². The van der Waals surface area contributed by atoms with Gasteiger partial charge in [-0.25, -0.2) is 17.2 Å². The third-order valence-corrected chi connectivity index (χ3v) is 9.23. The topological polar surface area (TPSA) is 49.9 Å². The average Bonchev–Trinajstić information content (AvgIpc) is 2.96. The number of piperidine rings is 1. The van der Waals surface area contributed by atoms with Crippen molar-refractivity contribution in [1.29, 1.82) is 0 Å². The predicted octanol–water partition coefficient (Wildman–Crippen LogP) is 7.84. The van der Waals surface area contributed by atoms with Crippen molar-refractivity contribution in [1.82, 2.24) is 4.90 Å². The maximum absolute atomic E-state index is 15.1. The molecule has 0 atom stereocenters. The molecule has 0 unspecified atom stereocenters. The third kappa shape index (κ3) is 7.30. The Morgan fingerprint density at radius 1 is 0.902 bits per heavy atom. The zero-order chi connectivity index (χ0) is 28.1. The zero-order valence-electron chi connectivity index (χ0n) is 22.4. The van der Waals surface area contributed by atoms with Gasteiger partial charge in [-0.15, -0.1) is 12.4 Å². The molecule has 1 heterocycles. The molecule has 5 nitrogen and oxygen atoms in total. The van der Waals surface area contributed by atoms with E-state index >= 15 is 4.39 Å². The van der Waals surface area contributed by atoms with Gasteiger partial charge in [0.2, 0.25) is 0 Å². The summed E-state index contributed by atoms with van der Waals surface area (Å²) in [6, 6.07) is 19.6. The fraction of sp³-hybridized carbons (Fsp3) is 0.290. The number of anilines is 1. The van der Waals surface area contributed by atoms with Crippen LogP contribution >= 0.6 is 24.0 Å². The molecule has 0 amide bonds. The summed E-state index contributed by atoms with van der Waals surface area (Å²) in [5.74, 6) is -1.10. The fourth-order valence-corrected chi connectivity index (χ4v) is 6.68. The molecule has 1 aliphatic rings. The fourth-order valence-electron chi connectivity index (χ4n) is 5.12. The number of halogens is 4. The molecule has 0 saturated carbocycles. The molecule has 218 valence electrons. The van der Waals surface area contributed by atoms with Gasteiger partial charge in [0, 0.05) is 23.2 Å². The third-order valence-electron chi connectivity index (χ3n) is 7.20. The van der Waals surface area contributed by atoms with E-state index in [2.05, 4.69) is 4.90 Å². The number of ether oxygens (including phenoxy) is 1. The van der Waals surface area contributed by atoms with E-state index in [1.165, 1.54) is 43.5 Å². The first-order valence-electron chi connectivity index (χ1n) is 13.4. The molecule has 0 bridgehead atoms. The first kappa shape index (κ1) is 31.0. The predicted molar refractivity (Wildman–Crippen MR) is 163 cm³/mol. The van der Waals surface area contributed by atoms with Gasteiger partial charge in [-0.2, -0.15) is 0 Å². The van der Waals surface area contributed by atoms with Gasteiger partial charge in [0.1, 0.15) is 17.4 Å². The zero-order valence-corrected chi connectivity index (χ0v) is 24.8. The molecule has 4 aromatic rings. The van der Waals surface area contributed by atoms with Crippen LogP contribution in [-0.4, -0.2) is 39.6 Å². The van der Waals surface area contributed by atoms with Crippen molar-refractivity contribution in [3.8, 4) is 5.75 Å². The van der Waals surface area contributed by atoms with E-state index in [1.54, 1.807) is 0 Å². The van der Waals surface area contributed by atoms with Crippen LogP contribution in [0.15, 0.2) is 83.8 Å². The lowest BCUT2D eigenvalue weighted by Gasteiger charge is -2.27. The SMILES string of the molecule is Cl.O=S(=O)(c1ccc(Cl)cc1)N(Cc1c(OCCCN2CCCCC2)ccc2ccccc12)c1cc(F)ccc1F. The van der Waals surface area contributed by atoms with Crippen LogP contribution in [0.5, 0.6) is 5.75 Å². The minimum atomic E-state index is -4.33. The van der Waals surface area contributed by atoms with Gasteiger partial charge in [-0.05, 0) is 85.6 Å². The molecule has 1 saturated heterocycles. The summed E-state index contributed by atoms with van der Waals surface area (Å²) in [5.41, 5.74) is 0.177. The molecule has 41 heavy (non-hydrogen) atoms. The van der Waals surface area contributed by atoms with Gasteiger partial charge in [0.15, 0.2) is 0 Å². The van der Waals surface area contributed by atoms with E-state index in [1.807, 2.05) is 36.4 Å². The summed E-state index contributed by atoms with van der Waals surface area (Å²) in [5, 5.41) is 2.00. The summed E-state index contributed by atoms with van der Waals surface area (Å²) in [4.78, 5) is 2.34. The molecule has 0 aromatic heterocycles. The average molecular weight is 622 g/mol. The Morgan fingerprint density at radius 3 is 2.39 bits per heavy atom. The maximum atomic E-state index is 15.1. The minimum absolute atomic E-state index is 0. The number of benzene rings is 4. The lowest BCUT2D eigenvalue weighted by atomic mass is 10.0. The second-order valence-electron chi connectivity index (χ2n) is 9.93. The van der Waals surface area contributed by atoms with Crippen LogP contribution in [0.1, 0.15) is 31.2 Å². The molecule has 1 fully saturated rings. The van der Waals surface area contributed by atoms with Crippen LogP contribution in [0.3, 0.4) is 0 Å². The van der Waals surface area contributed by atoms with Crippen LogP contribution in [0, 0.1) is 11.6 Å². The first-order valence-corrected chi connectivity index (χ1v) is 15.2. The molecule has 5 rings (SSSR count). The van der Waals surface area contributed by atoms with E-state index in [0.717, 1.165) is 59.3 Å². The second-order valence-corrected chi connectivity index (χ2v) is 12.2. The highest BCUT2D eigenvalue weighted by atomic mass is 35.5. The van der Waals surface area contributed by atoms with Crippen molar-refractivity contribution in [2.75, 3.05) is 30.5 Å². The summed E-state index contributed by atoms with van der Waals surface area (Å²) in [7, 11) is -4.33. The first-order chi connectivity index (χ1) is 19.3. The normalized spacial score (nSPS) is 14.0. The number of nitrogens with zero attached hydrogens (tertiary/aromatic N) is 2. The maximum Gasteiger partial charge on any atom is 0.264 e. The van der Waals surface area contributed by atoms with Gasteiger partial charge in [0.25, 0.3) is 10.0 Å². The highest BCUT2D eigenvalue weighted by Crippen LogP contribution is 2.35. The van der Waals surface area contributed by atoms with Gasteiger partial charge in [-0.1, -0.05) is 48.4 Å². The lowest BCUT2D eigenvalue weighted by Crippen LogP contribution is -2.32. The van der Waals surface area contributed by atoms with Crippen LogP contribution < -0.4 is 9.04 Å². The van der Waals surface area contributed by atoms with Crippen LogP contribution in [0.25, 0.3) is 10.8 Å². The Hall–Kier alpha value is -2.91.